The summed E-state index contributed by atoms with van der Waals surface area (Å²) in [5.74, 6) is 0.706. The highest BCUT2D eigenvalue weighted by atomic mass is 32.5. The Bertz CT molecular complexity index is 198. The molecular formula is C7H15O3PS2. The van der Waals surface area contributed by atoms with Crippen LogP contribution in [0.5, 0.6) is 0 Å². The third kappa shape index (κ3) is 4.56. The first-order valence-electron chi connectivity index (χ1n) is 4.17. The van der Waals surface area contributed by atoms with E-state index in [0.29, 0.717) is 19.0 Å². The molecule has 0 aliphatic rings. The number of hydrogen-bond donors (Lipinski definition) is 0. The third-order valence-electron chi connectivity index (χ3n) is 1.09. The highest BCUT2D eigenvalue weighted by molar-refractivity contribution is 8.36. The Morgan fingerprint density at radius 1 is 1.31 bits per heavy atom. The van der Waals surface area contributed by atoms with Crippen molar-refractivity contribution in [3.63, 3.8) is 0 Å². The average molecular weight is 242 g/mol. The summed E-state index contributed by atoms with van der Waals surface area (Å²) in [5.41, 5.74) is 0. The maximum absolute atomic E-state index is 11.5. The van der Waals surface area contributed by atoms with Crippen LogP contribution >= 0.6 is 18.3 Å². The minimum absolute atomic E-state index is 0.131. The topological polar surface area (TPSA) is 35.5 Å². The molecule has 0 aliphatic heterocycles. The van der Waals surface area contributed by atoms with Crippen molar-refractivity contribution < 1.29 is 13.8 Å². The van der Waals surface area contributed by atoms with Gasteiger partial charge in [-0.1, -0.05) is 18.7 Å². The number of rotatable bonds is 6. The van der Waals surface area contributed by atoms with Crippen LogP contribution in [0.2, 0.25) is 0 Å². The van der Waals surface area contributed by atoms with Crippen molar-refractivity contribution in [3.8, 4) is 0 Å². The largest absolute Gasteiger partial charge is 0.324 e. The van der Waals surface area contributed by atoms with Crippen molar-refractivity contribution in [2.24, 2.45) is 0 Å². The van der Waals surface area contributed by atoms with Crippen molar-refractivity contribution in [3.05, 3.63) is 0 Å². The van der Waals surface area contributed by atoms with Gasteiger partial charge in [0.1, 0.15) is 0 Å². The minimum Gasteiger partial charge on any atom is -0.324 e. The lowest BCUT2D eigenvalue weighted by Gasteiger charge is -2.18. The molecule has 0 aromatic heterocycles. The van der Waals surface area contributed by atoms with Gasteiger partial charge in [0.25, 0.3) is 11.3 Å². The Balaban J connectivity index is 4.38. The minimum atomic E-state index is -2.67. The van der Waals surface area contributed by atoms with Crippen LogP contribution in [-0.4, -0.2) is 23.8 Å². The summed E-state index contributed by atoms with van der Waals surface area (Å²) in [5, 5.41) is 0. The monoisotopic (exact) mass is 242 g/mol. The summed E-state index contributed by atoms with van der Waals surface area (Å²) < 4.78 is 10.4. The number of thioether (sulfide) groups is 1. The second-order valence-corrected chi connectivity index (χ2v) is 6.93. The van der Waals surface area contributed by atoms with Crippen molar-refractivity contribution in [1.29, 1.82) is 0 Å². The Hall–Kier alpha value is 0.590. The zero-order chi connectivity index (χ0) is 10.3. The quantitative estimate of drug-likeness (QED) is 0.668. The predicted octanol–water partition coefficient (Wildman–Crippen LogP) is 3.24. The number of carbonyl (C=O) groups is 1. The fourth-order valence-electron chi connectivity index (χ4n) is 0.685. The van der Waals surface area contributed by atoms with Gasteiger partial charge in [0.2, 0.25) is 0 Å². The van der Waals surface area contributed by atoms with Crippen molar-refractivity contribution in [1.82, 2.24) is 0 Å². The summed E-state index contributed by atoms with van der Waals surface area (Å²) >= 11 is 6.26. The summed E-state index contributed by atoms with van der Waals surface area (Å²) in [4.78, 5) is 11.4. The molecule has 0 rings (SSSR count). The lowest BCUT2D eigenvalue weighted by atomic mass is 10.9. The van der Waals surface area contributed by atoms with Crippen LogP contribution in [-0.2, 0) is 20.9 Å². The Labute approximate surface area is 88.7 Å². The zero-order valence-electron chi connectivity index (χ0n) is 8.11. The van der Waals surface area contributed by atoms with Gasteiger partial charge in [-0.05, 0) is 31.4 Å². The fraction of sp³-hybridized carbons (Fsp3) is 0.857. The van der Waals surface area contributed by atoms with E-state index in [2.05, 4.69) is 0 Å². The zero-order valence-corrected chi connectivity index (χ0v) is 10.6. The molecule has 0 spiro atoms. The molecule has 0 radical (unpaired) electrons. The van der Waals surface area contributed by atoms with Gasteiger partial charge in [-0.2, -0.15) is 0 Å². The summed E-state index contributed by atoms with van der Waals surface area (Å²) in [6.07, 6.45) is 0. The molecule has 0 aromatic rings. The van der Waals surface area contributed by atoms with E-state index in [9.17, 15) is 4.79 Å². The lowest BCUT2D eigenvalue weighted by molar-refractivity contribution is 0.248. The van der Waals surface area contributed by atoms with Gasteiger partial charge < -0.3 is 9.05 Å². The van der Waals surface area contributed by atoms with Crippen LogP contribution < -0.4 is 0 Å². The van der Waals surface area contributed by atoms with Gasteiger partial charge >= 0.3 is 0 Å². The van der Waals surface area contributed by atoms with Crippen LogP contribution in [0.3, 0.4) is 0 Å². The molecule has 78 valence electrons. The van der Waals surface area contributed by atoms with Crippen molar-refractivity contribution in [2.75, 3.05) is 19.0 Å². The molecule has 0 N–H and O–H groups in total. The second kappa shape index (κ2) is 6.96. The summed E-state index contributed by atoms with van der Waals surface area (Å²) in [7, 11) is 0. The Morgan fingerprint density at radius 2 is 1.77 bits per heavy atom. The smallest absolute Gasteiger partial charge is 0.272 e. The van der Waals surface area contributed by atoms with Gasteiger partial charge in [-0.25, -0.2) is 0 Å². The third-order valence-corrected chi connectivity index (χ3v) is 5.85. The van der Waals surface area contributed by atoms with E-state index >= 15 is 0 Å². The molecule has 0 saturated heterocycles. The van der Waals surface area contributed by atoms with Crippen LogP contribution in [0.25, 0.3) is 0 Å². The maximum atomic E-state index is 11.5. The maximum Gasteiger partial charge on any atom is 0.272 e. The standard InChI is InChI=1S/C7H15O3PS2/c1-4-9-11(12,10-5-2)7(8)13-6-3/h4-6H2,1-3H3. The number of hydrogen-bond acceptors (Lipinski definition) is 5. The van der Waals surface area contributed by atoms with E-state index in [1.165, 1.54) is 11.8 Å². The predicted molar refractivity (Wildman–Crippen MR) is 61.1 cm³/mol. The van der Waals surface area contributed by atoms with E-state index in [1.807, 2.05) is 20.8 Å². The van der Waals surface area contributed by atoms with E-state index < -0.39 is 6.49 Å². The average Bonchev–Trinajstić information content (AvgIpc) is 2.05. The molecule has 0 atom stereocenters. The van der Waals surface area contributed by atoms with Crippen LogP contribution in [0.1, 0.15) is 20.8 Å². The molecule has 0 saturated carbocycles. The van der Waals surface area contributed by atoms with Gasteiger partial charge in [0.15, 0.2) is 0 Å². The second-order valence-electron chi connectivity index (χ2n) is 2.03. The molecular weight excluding hydrogens is 227 g/mol. The van der Waals surface area contributed by atoms with Crippen molar-refractivity contribution in [2.45, 2.75) is 20.8 Å². The lowest BCUT2D eigenvalue weighted by Crippen LogP contribution is -2.02. The first kappa shape index (κ1) is 13.6. The van der Waals surface area contributed by atoms with Gasteiger partial charge in [0.05, 0.1) is 13.2 Å². The van der Waals surface area contributed by atoms with Crippen molar-refractivity contribution >= 4 is 34.9 Å². The molecule has 0 aromatic carbocycles. The molecule has 0 amide bonds. The van der Waals surface area contributed by atoms with E-state index in [4.69, 9.17) is 20.9 Å². The van der Waals surface area contributed by atoms with E-state index in [-0.39, 0.29) is 4.86 Å². The molecule has 0 heterocycles. The Kier molecular flexibility index (Phi) is 7.27. The van der Waals surface area contributed by atoms with Gasteiger partial charge in [-0.3, -0.25) is 4.79 Å². The molecule has 0 fully saturated rings. The SMILES string of the molecule is CCOP(=S)(OCC)C(=O)SCC. The summed E-state index contributed by atoms with van der Waals surface area (Å²) in [6.45, 7) is 3.70. The van der Waals surface area contributed by atoms with Gasteiger partial charge in [-0.15, -0.1) is 0 Å². The molecule has 0 aliphatic carbocycles. The number of carbonyl (C=O) groups excluding carboxylic acids is 1. The van der Waals surface area contributed by atoms with E-state index in [0.717, 1.165) is 0 Å². The normalized spacial score (nSPS) is 11.6. The van der Waals surface area contributed by atoms with E-state index in [1.54, 1.807) is 0 Å². The summed E-state index contributed by atoms with van der Waals surface area (Å²) in [6, 6.07) is 0. The highest BCUT2D eigenvalue weighted by Gasteiger charge is 2.28. The van der Waals surface area contributed by atoms with Crippen LogP contribution in [0.15, 0.2) is 0 Å². The first-order chi connectivity index (χ1) is 6.10. The van der Waals surface area contributed by atoms with Crippen LogP contribution in [0.4, 0.5) is 4.79 Å². The molecule has 13 heavy (non-hydrogen) atoms. The molecule has 0 unspecified atom stereocenters. The molecule has 3 nitrogen and oxygen atoms in total. The Morgan fingerprint density at radius 3 is 2.08 bits per heavy atom. The fourth-order valence-corrected chi connectivity index (χ4v) is 4.34. The molecule has 0 bridgehead atoms. The van der Waals surface area contributed by atoms with Gasteiger partial charge in [0, 0.05) is 0 Å². The molecule has 6 heteroatoms. The highest BCUT2D eigenvalue weighted by Crippen LogP contribution is 2.53. The first-order valence-corrected chi connectivity index (χ1v) is 7.79. The van der Waals surface area contributed by atoms with Crippen LogP contribution in [0, 0.1) is 0 Å².